The number of benzene rings is 1. The average molecular weight is 269 g/mol. The molecule has 2 aromatic rings. The van der Waals surface area contributed by atoms with E-state index in [1.807, 2.05) is 36.4 Å². The van der Waals surface area contributed by atoms with Crippen LogP contribution in [-0.4, -0.2) is 15.3 Å². The summed E-state index contributed by atoms with van der Waals surface area (Å²) in [5.74, 6) is 0.965. The Hall–Kier alpha value is -2.06. The third kappa shape index (κ3) is 2.04. The lowest BCUT2D eigenvalue weighted by atomic mass is 10.1. The molecule has 2 heterocycles. The number of hydrogen-bond donors (Lipinski definition) is 0. The number of thioether (sulfide) groups is 1. The molecule has 0 aliphatic carbocycles. The Morgan fingerprint density at radius 2 is 2.11 bits per heavy atom. The first-order chi connectivity index (χ1) is 9.31. The highest BCUT2D eigenvalue weighted by Gasteiger charge is 2.19. The first-order valence-corrected chi connectivity index (χ1v) is 7.03. The zero-order valence-electron chi connectivity index (χ0n) is 10.2. The van der Waals surface area contributed by atoms with E-state index in [2.05, 4.69) is 4.98 Å². The number of hydrogen-bond acceptors (Lipinski definition) is 4. The number of nitriles is 1. The van der Waals surface area contributed by atoms with Gasteiger partial charge in [-0.15, -0.1) is 0 Å². The molecular weight excluding hydrogens is 258 g/mol. The van der Waals surface area contributed by atoms with Gasteiger partial charge in [0, 0.05) is 17.9 Å². The molecule has 0 bridgehead atoms. The molecule has 1 aromatic heterocycles. The van der Waals surface area contributed by atoms with Crippen LogP contribution in [0.4, 0.5) is 0 Å². The summed E-state index contributed by atoms with van der Waals surface area (Å²) in [4.78, 5) is 16.8. The van der Waals surface area contributed by atoms with Crippen LogP contribution in [0.25, 0.3) is 11.3 Å². The van der Waals surface area contributed by atoms with Crippen molar-refractivity contribution in [3.63, 3.8) is 0 Å². The van der Waals surface area contributed by atoms with Gasteiger partial charge in [-0.1, -0.05) is 42.1 Å². The lowest BCUT2D eigenvalue weighted by molar-refractivity contribution is 0.562. The van der Waals surface area contributed by atoms with E-state index in [-0.39, 0.29) is 11.1 Å². The minimum absolute atomic E-state index is 0.137. The van der Waals surface area contributed by atoms with Gasteiger partial charge in [0.1, 0.15) is 11.6 Å². The van der Waals surface area contributed by atoms with Crippen LogP contribution in [0.2, 0.25) is 0 Å². The standard InChI is InChI=1S/C14H11N3OS/c15-9-11-12(10-5-2-1-3-6-10)16-14-17(13(11)18)7-4-8-19-14/h1-3,5-6H,4,7-8H2. The van der Waals surface area contributed by atoms with Crippen molar-refractivity contribution in [2.75, 3.05) is 5.75 Å². The number of fused-ring (bicyclic) bond motifs is 1. The minimum Gasteiger partial charge on any atom is -0.286 e. The second-order valence-electron chi connectivity index (χ2n) is 4.25. The zero-order valence-corrected chi connectivity index (χ0v) is 11.0. The molecule has 1 aliphatic heterocycles. The Balaban J connectivity index is 2.29. The van der Waals surface area contributed by atoms with Gasteiger partial charge in [-0.05, 0) is 6.42 Å². The highest BCUT2D eigenvalue weighted by molar-refractivity contribution is 7.99. The Morgan fingerprint density at radius 1 is 1.32 bits per heavy atom. The van der Waals surface area contributed by atoms with Crippen molar-refractivity contribution in [3.05, 3.63) is 46.2 Å². The second-order valence-corrected chi connectivity index (χ2v) is 5.32. The monoisotopic (exact) mass is 269 g/mol. The third-order valence-electron chi connectivity index (χ3n) is 3.05. The van der Waals surface area contributed by atoms with Gasteiger partial charge in [0.2, 0.25) is 0 Å². The Labute approximate surface area is 114 Å². The molecule has 0 spiro atoms. The molecule has 0 saturated carbocycles. The van der Waals surface area contributed by atoms with E-state index in [9.17, 15) is 10.1 Å². The van der Waals surface area contributed by atoms with Gasteiger partial charge < -0.3 is 0 Å². The molecule has 0 N–H and O–H groups in total. The second kappa shape index (κ2) is 4.90. The fraction of sp³-hybridized carbons (Fsp3) is 0.214. The Morgan fingerprint density at radius 3 is 2.84 bits per heavy atom. The predicted molar refractivity (Wildman–Crippen MR) is 74.0 cm³/mol. The predicted octanol–water partition coefficient (Wildman–Crippen LogP) is 2.28. The van der Waals surface area contributed by atoms with E-state index in [4.69, 9.17) is 0 Å². The number of aromatic nitrogens is 2. The molecule has 3 rings (SSSR count). The van der Waals surface area contributed by atoms with Crippen LogP contribution >= 0.6 is 11.8 Å². The summed E-state index contributed by atoms with van der Waals surface area (Å²) in [6.45, 7) is 0.651. The van der Waals surface area contributed by atoms with E-state index in [0.29, 0.717) is 17.4 Å². The normalized spacial score (nSPS) is 13.6. The molecule has 0 radical (unpaired) electrons. The molecule has 4 nitrogen and oxygen atoms in total. The van der Waals surface area contributed by atoms with E-state index < -0.39 is 0 Å². The summed E-state index contributed by atoms with van der Waals surface area (Å²) in [6, 6.07) is 11.4. The molecule has 0 atom stereocenters. The largest absolute Gasteiger partial charge is 0.286 e. The molecule has 0 saturated heterocycles. The topological polar surface area (TPSA) is 58.7 Å². The number of nitrogens with zero attached hydrogens (tertiary/aromatic N) is 3. The third-order valence-corrected chi connectivity index (χ3v) is 4.11. The van der Waals surface area contributed by atoms with Gasteiger partial charge in [0.25, 0.3) is 5.56 Å². The average Bonchev–Trinajstić information content (AvgIpc) is 2.48. The summed E-state index contributed by atoms with van der Waals surface area (Å²) in [7, 11) is 0. The van der Waals surface area contributed by atoms with Crippen LogP contribution in [0.1, 0.15) is 12.0 Å². The molecule has 1 aromatic carbocycles. The minimum atomic E-state index is -0.224. The molecule has 1 aliphatic rings. The molecule has 5 heteroatoms. The lowest BCUT2D eigenvalue weighted by Crippen LogP contribution is -2.28. The maximum atomic E-state index is 12.3. The van der Waals surface area contributed by atoms with Crippen molar-refractivity contribution in [1.29, 1.82) is 5.26 Å². The van der Waals surface area contributed by atoms with Gasteiger partial charge >= 0.3 is 0 Å². The van der Waals surface area contributed by atoms with Crippen molar-refractivity contribution in [3.8, 4) is 17.3 Å². The molecule has 94 valence electrons. The van der Waals surface area contributed by atoms with E-state index in [1.54, 1.807) is 16.3 Å². The van der Waals surface area contributed by atoms with Crippen molar-refractivity contribution in [2.24, 2.45) is 0 Å². The van der Waals surface area contributed by atoms with Crippen molar-refractivity contribution < 1.29 is 0 Å². The van der Waals surface area contributed by atoms with Crippen LogP contribution in [-0.2, 0) is 6.54 Å². The van der Waals surface area contributed by atoms with E-state index in [0.717, 1.165) is 17.7 Å². The van der Waals surface area contributed by atoms with Crippen molar-refractivity contribution >= 4 is 11.8 Å². The zero-order chi connectivity index (χ0) is 13.2. The summed E-state index contributed by atoms with van der Waals surface area (Å²) < 4.78 is 1.61. The van der Waals surface area contributed by atoms with Crippen molar-refractivity contribution in [1.82, 2.24) is 9.55 Å². The Bertz CT molecular complexity index is 716. The van der Waals surface area contributed by atoms with E-state index >= 15 is 0 Å². The van der Waals surface area contributed by atoms with Crippen LogP contribution < -0.4 is 5.56 Å². The fourth-order valence-electron chi connectivity index (χ4n) is 2.13. The van der Waals surface area contributed by atoms with Gasteiger partial charge in [0.15, 0.2) is 5.16 Å². The van der Waals surface area contributed by atoms with Crippen molar-refractivity contribution in [2.45, 2.75) is 18.1 Å². The first kappa shape index (κ1) is 12.0. The van der Waals surface area contributed by atoms with Gasteiger partial charge in [-0.2, -0.15) is 5.26 Å². The molecule has 0 fully saturated rings. The summed E-state index contributed by atoms with van der Waals surface area (Å²) in [5.41, 5.74) is 1.22. The molecule has 0 unspecified atom stereocenters. The van der Waals surface area contributed by atoms with Gasteiger partial charge in [-0.3, -0.25) is 9.36 Å². The van der Waals surface area contributed by atoms with E-state index in [1.165, 1.54) is 0 Å². The van der Waals surface area contributed by atoms with Crippen LogP contribution in [0.5, 0.6) is 0 Å². The first-order valence-electron chi connectivity index (χ1n) is 6.04. The van der Waals surface area contributed by atoms with Crippen LogP contribution in [0, 0.1) is 11.3 Å². The quantitative estimate of drug-likeness (QED) is 0.745. The Kier molecular flexibility index (Phi) is 3.10. The van der Waals surface area contributed by atoms with Crippen LogP contribution in [0.15, 0.2) is 40.3 Å². The number of rotatable bonds is 1. The summed E-state index contributed by atoms with van der Waals surface area (Å²) in [6.07, 6.45) is 0.939. The maximum absolute atomic E-state index is 12.3. The highest BCUT2D eigenvalue weighted by atomic mass is 32.2. The van der Waals surface area contributed by atoms with Gasteiger partial charge in [0.05, 0.1) is 5.69 Å². The highest BCUT2D eigenvalue weighted by Crippen LogP contribution is 2.26. The molecular formula is C14H11N3OS. The smallest absolute Gasteiger partial charge is 0.272 e. The van der Waals surface area contributed by atoms with Crippen LogP contribution in [0.3, 0.4) is 0 Å². The van der Waals surface area contributed by atoms with Gasteiger partial charge in [-0.25, -0.2) is 4.98 Å². The molecule has 0 amide bonds. The summed E-state index contributed by atoms with van der Waals surface area (Å²) >= 11 is 1.57. The molecule has 19 heavy (non-hydrogen) atoms. The maximum Gasteiger partial charge on any atom is 0.272 e. The lowest BCUT2D eigenvalue weighted by Gasteiger charge is -2.18. The SMILES string of the molecule is N#Cc1c(-c2ccccc2)nc2n(c1=O)CCCS2. The fourth-order valence-corrected chi connectivity index (χ4v) is 3.08. The summed E-state index contributed by atoms with van der Waals surface area (Å²) in [5, 5.41) is 9.97.